The minimum atomic E-state index is -3.61. The van der Waals surface area contributed by atoms with Crippen LogP contribution in [0.3, 0.4) is 0 Å². The highest BCUT2D eigenvalue weighted by atomic mass is 32.2. The largest absolute Gasteiger partial charge is 0.317 e. The van der Waals surface area contributed by atoms with Crippen LogP contribution in [0, 0.1) is 10.1 Å². The first-order chi connectivity index (χ1) is 8.86. The quantitative estimate of drug-likeness (QED) is 0.572. The van der Waals surface area contributed by atoms with Crippen molar-refractivity contribution in [2.24, 2.45) is 0 Å². The average molecular weight is 287 g/mol. The number of rotatable bonds is 7. The Morgan fingerprint density at radius 3 is 2.37 bits per heavy atom. The van der Waals surface area contributed by atoms with Crippen LogP contribution in [0.1, 0.15) is 13.3 Å². The lowest BCUT2D eigenvalue weighted by Crippen LogP contribution is -2.30. The summed E-state index contributed by atoms with van der Waals surface area (Å²) < 4.78 is 26.2. The molecule has 0 heterocycles. The average Bonchev–Trinajstić information content (AvgIpc) is 2.38. The molecule has 0 saturated carbocycles. The molecule has 0 aliphatic heterocycles. The van der Waals surface area contributed by atoms with E-state index < -0.39 is 14.9 Å². The molecule has 1 atom stereocenters. The lowest BCUT2D eigenvalue weighted by molar-refractivity contribution is -0.384. The Morgan fingerprint density at radius 1 is 1.32 bits per heavy atom. The van der Waals surface area contributed by atoms with Crippen molar-refractivity contribution in [3.8, 4) is 0 Å². The van der Waals surface area contributed by atoms with Crippen molar-refractivity contribution in [1.82, 2.24) is 10.0 Å². The van der Waals surface area contributed by atoms with E-state index in [4.69, 9.17) is 0 Å². The molecule has 106 valence electrons. The third-order valence-corrected chi connectivity index (χ3v) is 4.20. The van der Waals surface area contributed by atoms with E-state index in [1.54, 1.807) is 7.05 Å². The standard InChI is InChI=1S/C11H17N3O4S/c1-9(12-2)7-8-13-19(17,18)11-5-3-10(4-6-11)14(15)16/h3-6,9,12-13H,7-8H2,1-2H3. The highest BCUT2D eigenvalue weighted by Gasteiger charge is 2.15. The molecule has 1 aromatic rings. The number of nitro groups is 1. The van der Waals surface area contributed by atoms with Gasteiger partial charge < -0.3 is 5.32 Å². The Hall–Kier alpha value is -1.51. The fraction of sp³-hybridized carbons (Fsp3) is 0.455. The van der Waals surface area contributed by atoms with Crippen molar-refractivity contribution < 1.29 is 13.3 Å². The third kappa shape index (κ3) is 4.58. The van der Waals surface area contributed by atoms with E-state index in [1.165, 1.54) is 24.3 Å². The predicted octanol–water partition coefficient (Wildman–Crippen LogP) is 0.871. The van der Waals surface area contributed by atoms with Gasteiger partial charge in [-0.15, -0.1) is 0 Å². The first-order valence-electron chi connectivity index (χ1n) is 5.78. The smallest absolute Gasteiger partial charge is 0.269 e. The number of nitro benzene ring substituents is 1. The van der Waals surface area contributed by atoms with Crippen molar-refractivity contribution in [3.63, 3.8) is 0 Å². The van der Waals surface area contributed by atoms with Crippen LogP contribution in [0.2, 0.25) is 0 Å². The molecule has 7 nitrogen and oxygen atoms in total. The number of hydrogen-bond acceptors (Lipinski definition) is 5. The van der Waals surface area contributed by atoms with Gasteiger partial charge in [0.2, 0.25) is 10.0 Å². The maximum Gasteiger partial charge on any atom is 0.269 e. The van der Waals surface area contributed by atoms with Crippen LogP contribution in [0.4, 0.5) is 5.69 Å². The van der Waals surface area contributed by atoms with Crippen LogP contribution < -0.4 is 10.0 Å². The van der Waals surface area contributed by atoms with Crippen LogP contribution in [0.25, 0.3) is 0 Å². The molecule has 19 heavy (non-hydrogen) atoms. The zero-order chi connectivity index (χ0) is 14.5. The van der Waals surface area contributed by atoms with Gasteiger partial charge in [0.05, 0.1) is 9.82 Å². The van der Waals surface area contributed by atoms with E-state index in [0.29, 0.717) is 13.0 Å². The maximum atomic E-state index is 11.9. The first kappa shape index (κ1) is 15.5. The van der Waals surface area contributed by atoms with Gasteiger partial charge in [-0.05, 0) is 32.5 Å². The van der Waals surface area contributed by atoms with Gasteiger partial charge in [0.1, 0.15) is 0 Å². The van der Waals surface area contributed by atoms with Crippen LogP contribution in [0.15, 0.2) is 29.2 Å². The van der Waals surface area contributed by atoms with Gasteiger partial charge in [0.15, 0.2) is 0 Å². The Balaban J connectivity index is 2.69. The maximum absolute atomic E-state index is 11.9. The van der Waals surface area contributed by atoms with Crippen molar-refractivity contribution in [2.75, 3.05) is 13.6 Å². The summed E-state index contributed by atoms with van der Waals surface area (Å²) in [5.74, 6) is 0. The molecule has 0 aliphatic rings. The number of nitrogens with one attached hydrogen (secondary N) is 2. The number of hydrogen-bond donors (Lipinski definition) is 2. The molecule has 0 aromatic heterocycles. The van der Waals surface area contributed by atoms with Gasteiger partial charge in [0, 0.05) is 24.7 Å². The van der Waals surface area contributed by atoms with Gasteiger partial charge in [-0.3, -0.25) is 10.1 Å². The lowest BCUT2D eigenvalue weighted by Gasteiger charge is -2.11. The Bertz CT molecular complexity index is 527. The summed E-state index contributed by atoms with van der Waals surface area (Å²) in [5.41, 5.74) is -0.136. The van der Waals surface area contributed by atoms with E-state index >= 15 is 0 Å². The van der Waals surface area contributed by atoms with E-state index in [9.17, 15) is 18.5 Å². The molecule has 8 heteroatoms. The molecule has 0 aliphatic carbocycles. The van der Waals surface area contributed by atoms with Gasteiger partial charge in [-0.1, -0.05) is 0 Å². The first-order valence-corrected chi connectivity index (χ1v) is 7.26. The normalized spacial score (nSPS) is 13.2. The number of sulfonamides is 1. The molecule has 0 bridgehead atoms. The van der Waals surface area contributed by atoms with Crippen LogP contribution in [0.5, 0.6) is 0 Å². The summed E-state index contributed by atoms with van der Waals surface area (Å²) in [6.07, 6.45) is 0.655. The molecule has 2 N–H and O–H groups in total. The van der Waals surface area contributed by atoms with Gasteiger partial charge in [-0.2, -0.15) is 0 Å². The van der Waals surface area contributed by atoms with Crippen molar-refractivity contribution in [1.29, 1.82) is 0 Å². The molecule has 0 spiro atoms. The van der Waals surface area contributed by atoms with Crippen molar-refractivity contribution in [2.45, 2.75) is 24.3 Å². The number of nitrogens with zero attached hydrogens (tertiary/aromatic N) is 1. The SMILES string of the molecule is CNC(C)CCNS(=O)(=O)c1ccc([N+](=O)[O-])cc1. The van der Waals surface area contributed by atoms with E-state index in [0.717, 1.165) is 0 Å². The lowest BCUT2D eigenvalue weighted by atomic mass is 10.2. The Kier molecular flexibility index (Phi) is 5.40. The summed E-state index contributed by atoms with van der Waals surface area (Å²) in [6.45, 7) is 2.25. The third-order valence-electron chi connectivity index (χ3n) is 2.72. The minimum absolute atomic E-state index is 0.0233. The topological polar surface area (TPSA) is 101 Å². The zero-order valence-electron chi connectivity index (χ0n) is 10.8. The highest BCUT2D eigenvalue weighted by Crippen LogP contribution is 2.15. The summed E-state index contributed by atoms with van der Waals surface area (Å²) >= 11 is 0. The molecule has 0 saturated heterocycles. The second-order valence-corrected chi connectivity index (χ2v) is 5.89. The molecular weight excluding hydrogens is 270 g/mol. The van der Waals surface area contributed by atoms with Gasteiger partial charge >= 0.3 is 0 Å². The molecular formula is C11H17N3O4S. The summed E-state index contributed by atoms with van der Waals surface area (Å²) in [6, 6.07) is 5.00. The molecule has 0 amide bonds. The van der Waals surface area contributed by atoms with Gasteiger partial charge in [-0.25, -0.2) is 13.1 Å². The van der Waals surface area contributed by atoms with E-state index in [2.05, 4.69) is 10.0 Å². The second-order valence-electron chi connectivity index (χ2n) is 4.13. The minimum Gasteiger partial charge on any atom is -0.317 e. The molecule has 1 aromatic carbocycles. The zero-order valence-corrected chi connectivity index (χ0v) is 11.6. The number of non-ortho nitro benzene ring substituents is 1. The monoisotopic (exact) mass is 287 g/mol. The fourth-order valence-electron chi connectivity index (χ4n) is 1.38. The Labute approximate surface area is 112 Å². The van der Waals surface area contributed by atoms with Crippen molar-refractivity contribution in [3.05, 3.63) is 34.4 Å². The summed E-state index contributed by atoms with van der Waals surface area (Å²) in [7, 11) is -1.81. The summed E-state index contributed by atoms with van der Waals surface area (Å²) in [4.78, 5) is 9.93. The fourth-order valence-corrected chi connectivity index (χ4v) is 2.43. The Morgan fingerprint density at radius 2 is 1.89 bits per heavy atom. The van der Waals surface area contributed by atoms with Crippen LogP contribution in [-0.2, 0) is 10.0 Å². The van der Waals surface area contributed by atoms with Crippen LogP contribution >= 0.6 is 0 Å². The number of benzene rings is 1. The predicted molar refractivity (Wildman–Crippen MR) is 71.4 cm³/mol. The molecule has 0 fully saturated rings. The van der Waals surface area contributed by atoms with Gasteiger partial charge in [0.25, 0.3) is 5.69 Å². The van der Waals surface area contributed by atoms with Crippen molar-refractivity contribution >= 4 is 15.7 Å². The summed E-state index contributed by atoms with van der Waals surface area (Å²) in [5, 5.41) is 13.5. The van der Waals surface area contributed by atoms with E-state index in [1.807, 2.05) is 6.92 Å². The highest BCUT2D eigenvalue weighted by molar-refractivity contribution is 7.89. The second kappa shape index (κ2) is 6.60. The molecule has 0 radical (unpaired) electrons. The van der Waals surface area contributed by atoms with Crippen LogP contribution in [-0.4, -0.2) is 33.0 Å². The van der Waals surface area contributed by atoms with E-state index in [-0.39, 0.29) is 16.6 Å². The molecule has 1 rings (SSSR count). The molecule has 1 unspecified atom stereocenters.